The Kier molecular flexibility index (Phi) is 7.86. The molecule has 1 unspecified atom stereocenters. The summed E-state index contributed by atoms with van der Waals surface area (Å²) >= 11 is 0. The topological polar surface area (TPSA) is 103 Å². The molecular weight excluding hydrogens is 396 g/mol. The molecule has 0 spiro atoms. The van der Waals surface area contributed by atoms with Gasteiger partial charge in [-0.2, -0.15) is 4.72 Å². The third kappa shape index (κ3) is 6.10. The molecule has 0 radical (unpaired) electrons. The van der Waals surface area contributed by atoms with Crippen LogP contribution in [0.2, 0.25) is 0 Å². The van der Waals surface area contributed by atoms with E-state index >= 15 is 0 Å². The van der Waals surface area contributed by atoms with Gasteiger partial charge in [-0.1, -0.05) is 6.07 Å². The van der Waals surface area contributed by atoms with Gasteiger partial charge < -0.3 is 19.5 Å². The van der Waals surface area contributed by atoms with Crippen molar-refractivity contribution in [3.8, 4) is 17.2 Å². The van der Waals surface area contributed by atoms with E-state index in [0.29, 0.717) is 30.2 Å². The van der Waals surface area contributed by atoms with E-state index in [1.807, 2.05) is 12.1 Å². The van der Waals surface area contributed by atoms with Crippen LogP contribution in [0.1, 0.15) is 12.5 Å². The molecule has 158 valence electrons. The Morgan fingerprint density at radius 3 is 2.21 bits per heavy atom. The second-order valence-corrected chi connectivity index (χ2v) is 7.96. The summed E-state index contributed by atoms with van der Waals surface area (Å²) in [5.74, 6) is 1.37. The van der Waals surface area contributed by atoms with Crippen LogP contribution in [0.3, 0.4) is 0 Å². The number of methoxy groups -OCH3 is 3. The van der Waals surface area contributed by atoms with E-state index in [1.165, 1.54) is 26.2 Å². The van der Waals surface area contributed by atoms with Crippen molar-refractivity contribution in [1.29, 1.82) is 0 Å². The molecule has 1 atom stereocenters. The summed E-state index contributed by atoms with van der Waals surface area (Å²) in [5.41, 5.74) is 0.953. The molecule has 0 saturated heterocycles. The zero-order chi connectivity index (χ0) is 21.4. The first-order valence-electron chi connectivity index (χ1n) is 8.95. The number of amides is 1. The lowest BCUT2D eigenvalue weighted by atomic mass is 10.1. The fourth-order valence-electron chi connectivity index (χ4n) is 2.63. The third-order valence-corrected chi connectivity index (χ3v) is 5.81. The minimum atomic E-state index is -3.82. The van der Waals surface area contributed by atoms with Gasteiger partial charge in [-0.15, -0.1) is 0 Å². The molecule has 0 aliphatic rings. The summed E-state index contributed by atoms with van der Waals surface area (Å²) < 4.78 is 42.7. The summed E-state index contributed by atoms with van der Waals surface area (Å²) in [5, 5.41) is 2.73. The zero-order valence-corrected chi connectivity index (χ0v) is 17.7. The number of ether oxygens (including phenoxy) is 3. The standard InChI is InChI=1S/C20H26N2O6S/c1-14(22-29(24,25)17-8-6-16(26-2)7-9-17)20(23)21-12-11-15-5-10-18(27-3)19(13-15)28-4/h5-10,13-14,22H,11-12H2,1-4H3,(H,21,23). The molecule has 2 aromatic rings. The largest absolute Gasteiger partial charge is 0.497 e. The first-order valence-corrected chi connectivity index (χ1v) is 10.4. The summed E-state index contributed by atoms with van der Waals surface area (Å²) in [4.78, 5) is 12.3. The third-order valence-electron chi connectivity index (χ3n) is 4.26. The normalized spacial score (nSPS) is 12.1. The molecule has 8 nitrogen and oxygen atoms in total. The highest BCUT2D eigenvalue weighted by atomic mass is 32.2. The van der Waals surface area contributed by atoms with Crippen LogP contribution in [0, 0.1) is 0 Å². The molecule has 0 bridgehead atoms. The van der Waals surface area contributed by atoms with E-state index in [4.69, 9.17) is 14.2 Å². The average molecular weight is 423 g/mol. The van der Waals surface area contributed by atoms with Crippen LogP contribution in [0.15, 0.2) is 47.4 Å². The van der Waals surface area contributed by atoms with E-state index in [9.17, 15) is 13.2 Å². The molecule has 2 aromatic carbocycles. The van der Waals surface area contributed by atoms with Gasteiger partial charge in [-0.3, -0.25) is 4.79 Å². The van der Waals surface area contributed by atoms with Crippen LogP contribution < -0.4 is 24.2 Å². The number of nitrogens with one attached hydrogen (secondary N) is 2. The Bertz CT molecular complexity index is 928. The molecule has 9 heteroatoms. The van der Waals surface area contributed by atoms with Gasteiger partial charge in [0.1, 0.15) is 5.75 Å². The van der Waals surface area contributed by atoms with Gasteiger partial charge >= 0.3 is 0 Å². The van der Waals surface area contributed by atoms with Crippen molar-refractivity contribution in [2.24, 2.45) is 0 Å². The van der Waals surface area contributed by atoms with Crippen LogP contribution in [0.25, 0.3) is 0 Å². The van der Waals surface area contributed by atoms with Gasteiger partial charge in [-0.25, -0.2) is 8.42 Å². The molecule has 0 aliphatic carbocycles. The minimum absolute atomic E-state index is 0.0586. The molecule has 0 aliphatic heterocycles. The predicted molar refractivity (Wildman–Crippen MR) is 109 cm³/mol. The van der Waals surface area contributed by atoms with Crippen molar-refractivity contribution in [3.63, 3.8) is 0 Å². The van der Waals surface area contributed by atoms with Gasteiger partial charge in [0.2, 0.25) is 15.9 Å². The molecule has 1 amide bonds. The SMILES string of the molecule is COc1ccc(S(=O)(=O)NC(C)C(=O)NCCc2ccc(OC)c(OC)c2)cc1. The van der Waals surface area contributed by atoms with E-state index < -0.39 is 22.0 Å². The highest BCUT2D eigenvalue weighted by molar-refractivity contribution is 7.89. The fraction of sp³-hybridized carbons (Fsp3) is 0.350. The molecule has 0 fully saturated rings. The van der Waals surface area contributed by atoms with Gasteiger partial charge in [-0.05, 0) is 55.3 Å². The van der Waals surface area contributed by atoms with Crippen LogP contribution in [0.5, 0.6) is 17.2 Å². The minimum Gasteiger partial charge on any atom is -0.497 e. The predicted octanol–water partition coefficient (Wildman–Crippen LogP) is 1.74. The van der Waals surface area contributed by atoms with Gasteiger partial charge in [0.25, 0.3) is 0 Å². The number of benzene rings is 2. The van der Waals surface area contributed by atoms with E-state index in [1.54, 1.807) is 32.4 Å². The lowest BCUT2D eigenvalue weighted by Crippen LogP contribution is -2.45. The van der Waals surface area contributed by atoms with Crippen molar-refractivity contribution in [3.05, 3.63) is 48.0 Å². The van der Waals surface area contributed by atoms with Gasteiger partial charge in [0.05, 0.1) is 32.3 Å². The summed E-state index contributed by atoms with van der Waals surface area (Å²) in [6, 6.07) is 10.5. The Labute approximate surface area is 171 Å². The Morgan fingerprint density at radius 1 is 0.966 bits per heavy atom. The summed E-state index contributed by atoms with van der Waals surface area (Å²) in [7, 11) is 0.793. The molecule has 2 rings (SSSR count). The Hall–Kier alpha value is -2.78. The van der Waals surface area contributed by atoms with E-state index in [2.05, 4.69) is 10.0 Å². The maximum atomic E-state index is 12.4. The highest BCUT2D eigenvalue weighted by Gasteiger charge is 2.21. The van der Waals surface area contributed by atoms with Crippen LogP contribution in [-0.4, -0.2) is 48.2 Å². The zero-order valence-electron chi connectivity index (χ0n) is 16.9. The second kappa shape index (κ2) is 10.1. The van der Waals surface area contributed by atoms with Crippen molar-refractivity contribution in [1.82, 2.24) is 10.0 Å². The van der Waals surface area contributed by atoms with Crippen molar-refractivity contribution in [2.75, 3.05) is 27.9 Å². The first kappa shape index (κ1) is 22.5. The monoisotopic (exact) mass is 422 g/mol. The smallest absolute Gasteiger partial charge is 0.241 e. The lowest BCUT2D eigenvalue weighted by Gasteiger charge is -2.15. The quantitative estimate of drug-likeness (QED) is 0.605. The molecule has 0 heterocycles. The summed E-state index contributed by atoms with van der Waals surface area (Å²) in [6.07, 6.45) is 0.560. The van der Waals surface area contributed by atoms with Gasteiger partial charge in [0.15, 0.2) is 11.5 Å². The molecule has 2 N–H and O–H groups in total. The van der Waals surface area contributed by atoms with Gasteiger partial charge in [0, 0.05) is 6.54 Å². The second-order valence-electron chi connectivity index (χ2n) is 6.25. The number of carbonyl (C=O) groups is 1. The Balaban J connectivity index is 1.90. The number of carbonyl (C=O) groups excluding carboxylic acids is 1. The molecule has 29 heavy (non-hydrogen) atoms. The number of rotatable bonds is 10. The van der Waals surface area contributed by atoms with Crippen LogP contribution >= 0.6 is 0 Å². The molecule has 0 aromatic heterocycles. The van der Waals surface area contributed by atoms with Crippen molar-refractivity contribution in [2.45, 2.75) is 24.3 Å². The van der Waals surface area contributed by atoms with Crippen LogP contribution in [-0.2, 0) is 21.2 Å². The maximum absolute atomic E-state index is 12.4. The Morgan fingerprint density at radius 2 is 1.62 bits per heavy atom. The lowest BCUT2D eigenvalue weighted by molar-refractivity contribution is -0.122. The molecule has 0 saturated carbocycles. The fourth-order valence-corrected chi connectivity index (χ4v) is 3.83. The number of hydrogen-bond acceptors (Lipinski definition) is 6. The van der Waals surface area contributed by atoms with Crippen LogP contribution in [0.4, 0.5) is 0 Å². The average Bonchev–Trinajstić information content (AvgIpc) is 2.73. The number of hydrogen-bond donors (Lipinski definition) is 2. The maximum Gasteiger partial charge on any atom is 0.241 e. The first-order chi connectivity index (χ1) is 13.8. The van der Waals surface area contributed by atoms with Crippen molar-refractivity contribution >= 4 is 15.9 Å². The van der Waals surface area contributed by atoms with E-state index in [-0.39, 0.29) is 4.90 Å². The molecular formula is C20H26N2O6S. The number of sulfonamides is 1. The highest BCUT2D eigenvalue weighted by Crippen LogP contribution is 2.27. The van der Waals surface area contributed by atoms with E-state index in [0.717, 1.165) is 5.56 Å². The summed E-state index contributed by atoms with van der Waals surface area (Å²) in [6.45, 7) is 1.84. The van der Waals surface area contributed by atoms with Crippen molar-refractivity contribution < 1.29 is 27.4 Å².